The average Bonchev–Trinajstić information content (AvgIpc) is 2.48. The standard InChI is InChI=1S/C15H15ClF2N2S/c16-12-3-1-2-4-15(12)21-9-11(20-19)7-10-5-6-13(17)14(18)8-10/h1-6,8,11,20H,7,9,19H2. The number of hydrazine groups is 1. The molecular formula is C15H15ClF2N2S. The third kappa shape index (κ3) is 4.68. The highest BCUT2D eigenvalue weighted by atomic mass is 35.5. The summed E-state index contributed by atoms with van der Waals surface area (Å²) in [5, 5.41) is 0.686. The van der Waals surface area contributed by atoms with Gasteiger partial charge in [0, 0.05) is 16.7 Å². The molecule has 6 heteroatoms. The topological polar surface area (TPSA) is 38.0 Å². The van der Waals surface area contributed by atoms with E-state index in [0.717, 1.165) is 11.0 Å². The van der Waals surface area contributed by atoms with Gasteiger partial charge in [-0.1, -0.05) is 29.8 Å². The zero-order chi connectivity index (χ0) is 15.2. The van der Waals surface area contributed by atoms with Gasteiger partial charge < -0.3 is 0 Å². The molecule has 21 heavy (non-hydrogen) atoms. The van der Waals surface area contributed by atoms with Crippen LogP contribution in [0.5, 0.6) is 0 Å². The van der Waals surface area contributed by atoms with Gasteiger partial charge in [-0.3, -0.25) is 11.3 Å². The summed E-state index contributed by atoms with van der Waals surface area (Å²) >= 11 is 7.65. The molecule has 0 saturated carbocycles. The molecule has 1 atom stereocenters. The molecule has 1 unspecified atom stereocenters. The second-order valence-electron chi connectivity index (χ2n) is 4.56. The van der Waals surface area contributed by atoms with Gasteiger partial charge in [0.2, 0.25) is 0 Å². The van der Waals surface area contributed by atoms with Gasteiger partial charge in [-0.2, -0.15) is 0 Å². The van der Waals surface area contributed by atoms with Crippen LogP contribution in [0.15, 0.2) is 47.4 Å². The molecule has 112 valence electrons. The van der Waals surface area contributed by atoms with Crippen LogP contribution in [-0.4, -0.2) is 11.8 Å². The summed E-state index contributed by atoms with van der Waals surface area (Å²) in [6.07, 6.45) is 0.505. The monoisotopic (exact) mass is 328 g/mol. The third-order valence-electron chi connectivity index (χ3n) is 2.98. The lowest BCUT2D eigenvalue weighted by Crippen LogP contribution is -2.38. The molecule has 0 aliphatic rings. The van der Waals surface area contributed by atoms with Gasteiger partial charge in [-0.15, -0.1) is 11.8 Å². The van der Waals surface area contributed by atoms with Crippen LogP contribution in [0.25, 0.3) is 0 Å². The maximum atomic E-state index is 13.2. The number of hydrogen-bond acceptors (Lipinski definition) is 3. The molecule has 0 aliphatic carbocycles. The van der Waals surface area contributed by atoms with Crippen molar-refractivity contribution in [2.75, 3.05) is 5.75 Å². The summed E-state index contributed by atoms with van der Waals surface area (Å²) in [5.74, 6) is 4.50. The molecule has 0 heterocycles. The van der Waals surface area contributed by atoms with Crippen molar-refractivity contribution < 1.29 is 8.78 Å². The molecule has 3 N–H and O–H groups in total. The first-order valence-corrected chi connectivity index (χ1v) is 7.74. The lowest BCUT2D eigenvalue weighted by molar-refractivity contribution is 0.504. The average molecular weight is 329 g/mol. The Labute approximate surface area is 131 Å². The number of benzene rings is 2. The van der Waals surface area contributed by atoms with Gasteiger partial charge in [0.25, 0.3) is 0 Å². The van der Waals surface area contributed by atoms with E-state index in [9.17, 15) is 8.78 Å². The second kappa shape index (κ2) is 7.75. The Morgan fingerprint density at radius 1 is 1.14 bits per heavy atom. The molecule has 0 spiro atoms. The Balaban J connectivity index is 1.97. The van der Waals surface area contributed by atoms with E-state index in [1.54, 1.807) is 17.8 Å². The molecule has 0 aliphatic heterocycles. The molecule has 0 fully saturated rings. The maximum absolute atomic E-state index is 13.2. The van der Waals surface area contributed by atoms with Crippen LogP contribution < -0.4 is 11.3 Å². The molecule has 0 aromatic heterocycles. The van der Waals surface area contributed by atoms with Gasteiger partial charge in [-0.25, -0.2) is 8.78 Å². The van der Waals surface area contributed by atoms with Crippen LogP contribution in [0.2, 0.25) is 5.02 Å². The van der Waals surface area contributed by atoms with Crippen molar-refractivity contribution >= 4 is 23.4 Å². The molecule has 0 amide bonds. The number of nitrogens with two attached hydrogens (primary N) is 1. The Morgan fingerprint density at radius 2 is 1.90 bits per heavy atom. The SMILES string of the molecule is NNC(CSc1ccccc1Cl)Cc1ccc(F)c(F)c1. The number of halogens is 3. The van der Waals surface area contributed by atoms with Crippen LogP contribution in [0.3, 0.4) is 0 Å². The highest BCUT2D eigenvalue weighted by Gasteiger charge is 2.11. The first kappa shape index (κ1) is 16.2. The van der Waals surface area contributed by atoms with Gasteiger partial charge in [0.1, 0.15) is 0 Å². The predicted octanol–water partition coefficient (Wildman–Crippen LogP) is 3.78. The lowest BCUT2D eigenvalue weighted by atomic mass is 10.1. The van der Waals surface area contributed by atoms with Crippen molar-refractivity contribution in [3.8, 4) is 0 Å². The van der Waals surface area contributed by atoms with Crippen molar-refractivity contribution in [1.82, 2.24) is 5.43 Å². The van der Waals surface area contributed by atoms with E-state index >= 15 is 0 Å². The zero-order valence-electron chi connectivity index (χ0n) is 11.2. The molecule has 0 saturated heterocycles. The molecule has 2 aromatic carbocycles. The highest BCUT2D eigenvalue weighted by Crippen LogP contribution is 2.27. The van der Waals surface area contributed by atoms with Crippen LogP contribution in [0.1, 0.15) is 5.56 Å². The fraction of sp³-hybridized carbons (Fsp3) is 0.200. The van der Waals surface area contributed by atoms with Crippen LogP contribution in [0, 0.1) is 11.6 Å². The van der Waals surface area contributed by atoms with Crippen molar-refractivity contribution in [2.24, 2.45) is 5.84 Å². The van der Waals surface area contributed by atoms with E-state index in [-0.39, 0.29) is 6.04 Å². The smallest absolute Gasteiger partial charge is 0.159 e. The molecule has 2 rings (SSSR count). The largest absolute Gasteiger partial charge is 0.271 e. The van der Waals surface area contributed by atoms with E-state index in [4.69, 9.17) is 17.4 Å². The van der Waals surface area contributed by atoms with Gasteiger partial charge in [0.15, 0.2) is 11.6 Å². The zero-order valence-corrected chi connectivity index (χ0v) is 12.7. The Hall–Kier alpha value is -1.14. The number of thioether (sulfide) groups is 1. The van der Waals surface area contributed by atoms with Gasteiger partial charge in [0.05, 0.1) is 5.02 Å². The number of hydrogen-bond donors (Lipinski definition) is 2. The number of nitrogens with one attached hydrogen (secondary N) is 1. The van der Waals surface area contributed by atoms with Crippen LogP contribution >= 0.6 is 23.4 Å². The Morgan fingerprint density at radius 3 is 2.57 bits per heavy atom. The number of rotatable bonds is 6. The normalized spacial score (nSPS) is 12.4. The first-order valence-electron chi connectivity index (χ1n) is 6.37. The highest BCUT2D eigenvalue weighted by molar-refractivity contribution is 7.99. The summed E-state index contributed by atoms with van der Waals surface area (Å²) in [6.45, 7) is 0. The van der Waals surface area contributed by atoms with E-state index in [1.807, 2.05) is 24.3 Å². The van der Waals surface area contributed by atoms with Crippen molar-refractivity contribution in [2.45, 2.75) is 17.4 Å². The molecule has 0 radical (unpaired) electrons. The Bertz CT molecular complexity index is 610. The predicted molar refractivity (Wildman–Crippen MR) is 83.3 cm³/mol. The van der Waals surface area contributed by atoms with Gasteiger partial charge >= 0.3 is 0 Å². The van der Waals surface area contributed by atoms with Crippen LogP contribution in [-0.2, 0) is 6.42 Å². The van der Waals surface area contributed by atoms with Gasteiger partial charge in [-0.05, 0) is 36.2 Å². The quantitative estimate of drug-likeness (QED) is 0.481. The lowest BCUT2D eigenvalue weighted by Gasteiger charge is -2.16. The maximum Gasteiger partial charge on any atom is 0.159 e. The molecule has 2 nitrogen and oxygen atoms in total. The summed E-state index contributed by atoms with van der Waals surface area (Å²) in [6, 6.07) is 11.3. The van der Waals surface area contributed by atoms with E-state index in [0.29, 0.717) is 22.8 Å². The van der Waals surface area contributed by atoms with Crippen LogP contribution in [0.4, 0.5) is 8.78 Å². The molecule has 2 aromatic rings. The van der Waals surface area contributed by atoms with E-state index < -0.39 is 11.6 Å². The summed E-state index contributed by atoms with van der Waals surface area (Å²) < 4.78 is 26.1. The fourth-order valence-corrected chi connectivity index (χ4v) is 3.14. The van der Waals surface area contributed by atoms with E-state index in [1.165, 1.54) is 6.07 Å². The van der Waals surface area contributed by atoms with E-state index in [2.05, 4.69) is 5.43 Å². The minimum absolute atomic E-state index is 0.0730. The minimum Gasteiger partial charge on any atom is -0.271 e. The Kier molecular flexibility index (Phi) is 5.99. The third-order valence-corrected chi connectivity index (χ3v) is 4.66. The molecule has 0 bridgehead atoms. The first-order chi connectivity index (χ1) is 10.1. The molecular weight excluding hydrogens is 314 g/mol. The second-order valence-corrected chi connectivity index (χ2v) is 6.03. The fourth-order valence-electron chi connectivity index (χ4n) is 1.87. The summed E-state index contributed by atoms with van der Waals surface area (Å²) in [5.41, 5.74) is 3.39. The van der Waals surface area contributed by atoms with Crippen molar-refractivity contribution in [1.29, 1.82) is 0 Å². The summed E-state index contributed by atoms with van der Waals surface area (Å²) in [7, 11) is 0. The van der Waals surface area contributed by atoms with Crippen molar-refractivity contribution in [3.05, 3.63) is 64.7 Å². The minimum atomic E-state index is -0.846. The van der Waals surface area contributed by atoms with Crippen molar-refractivity contribution in [3.63, 3.8) is 0 Å². The summed E-state index contributed by atoms with van der Waals surface area (Å²) in [4.78, 5) is 0.963.